The second-order valence-electron chi connectivity index (χ2n) is 5.98. The first-order valence-corrected chi connectivity index (χ1v) is 7.46. The lowest BCUT2D eigenvalue weighted by Crippen LogP contribution is -2.42. The first-order valence-electron chi connectivity index (χ1n) is 7.46. The van der Waals surface area contributed by atoms with Crippen LogP contribution in [0.3, 0.4) is 0 Å². The van der Waals surface area contributed by atoms with Crippen molar-refractivity contribution in [2.45, 2.75) is 24.9 Å². The SMILES string of the molecule is COc1cc(CNC(=O)C2(N)CC2)ccc1OCCN(C)C.Cl.Cl. The minimum absolute atomic E-state index is 0. The van der Waals surface area contributed by atoms with Gasteiger partial charge in [-0.2, -0.15) is 0 Å². The summed E-state index contributed by atoms with van der Waals surface area (Å²) in [5.41, 5.74) is 6.17. The number of hydrogen-bond donors (Lipinski definition) is 2. The molecule has 0 aliphatic heterocycles. The van der Waals surface area contributed by atoms with E-state index >= 15 is 0 Å². The van der Waals surface area contributed by atoms with Crippen LogP contribution in [0.5, 0.6) is 11.5 Å². The number of methoxy groups -OCH3 is 1. The number of benzene rings is 1. The van der Waals surface area contributed by atoms with Crippen molar-refractivity contribution < 1.29 is 14.3 Å². The van der Waals surface area contributed by atoms with Crippen LogP contribution < -0.4 is 20.5 Å². The molecule has 1 aromatic carbocycles. The van der Waals surface area contributed by atoms with Crippen molar-refractivity contribution in [1.29, 1.82) is 0 Å². The number of rotatable bonds is 8. The molecule has 2 rings (SSSR count). The highest BCUT2D eigenvalue weighted by Gasteiger charge is 2.45. The minimum atomic E-state index is -0.640. The van der Waals surface area contributed by atoms with E-state index in [1.807, 2.05) is 32.3 Å². The normalized spacial score (nSPS) is 14.2. The molecule has 8 heteroatoms. The van der Waals surface area contributed by atoms with Crippen molar-refractivity contribution in [3.8, 4) is 11.5 Å². The summed E-state index contributed by atoms with van der Waals surface area (Å²) in [7, 11) is 5.60. The molecule has 0 spiro atoms. The lowest BCUT2D eigenvalue weighted by atomic mass is 10.2. The Morgan fingerprint density at radius 1 is 1.29 bits per heavy atom. The summed E-state index contributed by atoms with van der Waals surface area (Å²) in [5, 5.41) is 2.86. The zero-order valence-corrected chi connectivity index (χ0v) is 16.0. The third-order valence-electron chi connectivity index (χ3n) is 3.72. The monoisotopic (exact) mass is 379 g/mol. The Morgan fingerprint density at radius 3 is 2.50 bits per heavy atom. The highest BCUT2D eigenvalue weighted by atomic mass is 35.5. The number of carbonyl (C=O) groups is 1. The zero-order valence-electron chi connectivity index (χ0n) is 14.3. The highest BCUT2D eigenvalue weighted by Crippen LogP contribution is 2.32. The van der Waals surface area contributed by atoms with Gasteiger partial charge in [-0.15, -0.1) is 24.8 Å². The standard InChI is InChI=1S/C16H25N3O3.2ClH/c1-19(2)8-9-22-13-5-4-12(10-14(13)21-3)11-18-15(20)16(17)6-7-16;;/h4-5,10H,6-9,11,17H2,1-3H3,(H,18,20);2*1H. The molecular formula is C16H27Cl2N3O3. The summed E-state index contributed by atoms with van der Waals surface area (Å²) in [6.45, 7) is 1.86. The van der Waals surface area contributed by atoms with Gasteiger partial charge < -0.3 is 25.4 Å². The average Bonchev–Trinajstić information content (AvgIpc) is 3.24. The van der Waals surface area contributed by atoms with E-state index in [0.717, 1.165) is 24.9 Å². The van der Waals surface area contributed by atoms with Crippen LogP contribution in [0.25, 0.3) is 0 Å². The molecule has 1 aliphatic rings. The summed E-state index contributed by atoms with van der Waals surface area (Å²) >= 11 is 0. The highest BCUT2D eigenvalue weighted by molar-refractivity contribution is 5.88. The fraction of sp³-hybridized carbons (Fsp3) is 0.562. The van der Waals surface area contributed by atoms with E-state index in [4.69, 9.17) is 15.2 Å². The van der Waals surface area contributed by atoms with Crippen LogP contribution in [0.4, 0.5) is 0 Å². The van der Waals surface area contributed by atoms with Crippen molar-refractivity contribution in [3.63, 3.8) is 0 Å². The smallest absolute Gasteiger partial charge is 0.240 e. The first kappa shape index (κ1) is 22.8. The van der Waals surface area contributed by atoms with E-state index in [9.17, 15) is 4.79 Å². The Kier molecular flexibility index (Phi) is 9.43. The molecule has 0 aromatic heterocycles. The number of nitrogens with zero attached hydrogens (tertiary/aromatic N) is 1. The molecule has 3 N–H and O–H groups in total. The maximum absolute atomic E-state index is 11.8. The molecule has 1 saturated carbocycles. The van der Waals surface area contributed by atoms with E-state index in [-0.39, 0.29) is 30.7 Å². The molecule has 6 nitrogen and oxygen atoms in total. The first-order chi connectivity index (χ1) is 10.4. The number of carbonyl (C=O) groups excluding carboxylic acids is 1. The number of likely N-dealkylation sites (N-methyl/N-ethyl adjacent to an activating group) is 1. The van der Waals surface area contributed by atoms with Gasteiger partial charge in [0.05, 0.1) is 12.6 Å². The molecule has 1 aromatic rings. The van der Waals surface area contributed by atoms with Gasteiger partial charge in [0.1, 0.15) is 6.61 Å². The Labute approximate surface area is 155 Å². The second kappa shape index (κ2) is 9.93. The van der Waals surface area contributed by atoms with Gasteiger partial charge in [-0.25, -0.2) is 0 Å². The second-order valence-corrected chi connectivity index (χ2v) is 5.98. The molecule has 24 heavy (non-hydrogen) atoms. The molecule has 0 radical (unpaired) electrons. The van der Waals surface area contributed by atoms with Crippen molar-refractivity contribution in [2.75, 3.05) is 34.4 Å². The van der Waals surface area contributed by atoms with Crippen LogP contribution in [0.1, 0.15) is 18.4 Å². The average molecular weight is 380 g/mol. The van der Waals surface area contributed by atoms with Crippen molar-refractivity contribution in [3.05, 3.63) is 23.8 Å². The van der Waals surface area contributed by atoms with Crippen LogP contribution in [-0.2, 0) is 11.3 Å². The van der Waals surface area contributed by atoms with Gasteiger partial charge in [-0.1, -0.05) is 6.07 Å². The minimum Gasteiger partial charge on any atom is -0.493 e. The van der Waals surface area contributed by atoms with E-state index in [0.29, 0.717) is 24.7 Å². The Balaban J connectivity index is 0.00000264. The zero-order chi connectivity index (χ0) is 16.2. The topological polar surface area (TPSA) is 76.8 Å². The van der Waals surface area contributed by atoms with Gasteiger partial charge in [0.2, 0.25) is 5.91 Å². The lowest BCUT2D eigenvalue weighted by molar-refractivity contribution is -0.123. The maximum atomic E-state index is 11.8. The summed E-state index contributed by atoms with van der Waals surface area (Å²) in [5.74, 6) is 1.29. The molecule has 138 valence electrons. The molecule has 0 heterocycles. The Morgan fingerprint density at radius 2 is 1.96 bits per heavy atom. The summed E-state index contributed by atoms with van der Waals surface area (Å²) in [6.07, 6.45) is 1.53. The van der Waals surface area contributed by atoms with E-state index in [2.05, 4.69) is 10.2 Å². The van der Waals surface area contributed by atoms with Gasteiger partial charge in [-0.05, 0) is 44.6 Å². The largest absolute Gasteiger partial charge is 0.493 e. The number of nitrogens with one attached hydrogen (secondary N) is 1. The Hall–Kier alpha value is -1.21. The molecule has 0 saturated heterocycles. The number of halogens is 2. The molecule has 0 unspecified atom stereocenters. The van der Waals surface area contributed by atoms with Gasteiger partial charge >= 0.3 is 0 Å². The molecular weight excluding hydrogens is 353 g/mol. The fourth-order valence-corrected chi connectivity index (χ4v) is 2.00. The molecule has 0 atom stereocenters. The third-order valence-corrected chi connectivity index (χ3v) is 3.72. The van der Waals surface area contributed by atoms with Crippen molar-refractivity contribution in [2.24, 2.45) is 5.73 Å². The van der Waals surface area contributed by atoms with Crippen LogP contribution >= 0.6 is 24.8 Å². The molecule has 1 fully saturated rings. The van der Waals surface area contributed by atoms with Gasteiger partial charge in [0.15, 0.2) is 11.5 Å². The molecule has 1 aliphatic carbocycles. The number of nitrogens with two attached hydrogens (primary N) is 1. The number of amides is 1. The quantitative estimate of drug-likeness (QED) is 0.716. The molecule has 0 bridgehead atoms. The summed E-state index contributed by atoms with van der Waals surface area (Å²) < 4.78 is 11.1. The third kappa shape index (κ3) is 6.36. The predicted molar refractivity (Wildman–Crippen MR) is 99.5 cm³/mol. The van der Waals surface area contributed by atoms with Crippen molar-refractivity contribution in [1.82, 2.24) is 10.2 Å². The molecule has 1 amide bonds. The van der Waals surface area contributed by atoms with Gasteiger partial charge in [-0.3, -0.25) is 4.79 Å². The lowest BCUT2D eigenvalue weighted by Gasteiger charge is -2.15. The number of hydrogen-bond acceptors (Lipinski definition) is 5. The van der Waals surface area contributed by atoms with Crippen LogP contribution in [0.2, 0.25) is 0 Å². The maximum Gasteiger partial charge on any atom is 0.240 e. The fourth-order valence-electron chi connectivity index (χ4n) is 2.00. The van der Waals surface area contributed by atoms with E-state index < -0.39 is 5.54 Å². The van der Waals surface area contributed by atoms with Gasteiger partial charge in [0, 0.05) is 13.1 Å². The van der Waals surface area contributed by atoms with E-state index in [1.54, 1.807) is 7.11 Å². The van der Waals surface area contributed by atoms with Crippen molar-refractivity contribution >= 4 is 30.7 Å². The predicted octanol–water partition coefficient (Wildman–Crippen LogP) is 1.59. The van der Waals surface area contributed by atoms with Crippen LogP contribution in [0, 0.1) is 0 Å². The Bertz CT molecular complexity index is 537. The summed E-state index contributed by atoms with van der Waals surface area (Å²) in [4.78, 5) is 13.9. The summed E-state index contributed by atoms with van der Waals surface area (Å²) in [6, 6.07) is 5.66. The van der Waals surface area contributed by atoms with E-state index in [1.165, 1.54) is 0 Å². The van der Waals surface area contributed by atoms with Crippen LogP contribution in [-0.4, -0.2) is 50.7 Å². The van der Waals surface area contributed by atoms with Crippen LogP contribution in [0.15, 0.2) is 18.2 Å². The van der Waals surface area contributed by atoms with Gasteiger partial charge in [0.25, 0.3) is 0 Å². The number of ether oxygens (including phenoxy) is 2.